The number of aromatic nitrogens is 2. The van der Waals surface area contributed by atoms with Gasteiger partial charge in [-0.2, -0.15) is 0 Å². The molecule has 100 valence electrons. The average molecular weight is 259 g/mol. The van der Waals surface area contributed by atoms with Gasteiger partial charge >= 0.3 is 0 Å². The van der Waals surface area contributed by atoms with Crippen LogP contribution in [0.5, 0.6) is 17.4 Å². The summed E-state index contributed by atoms with van der Waals surface area (Å²) in [6, 6.07) is 9.16. The molecule has 0 spiro atoms. The molecule has 0 atom stereocenters. The fourth-order valence-electron chi connectivity index (χ4n) is 1.53. The van der Waals surface area contributed by atoms with Gasteiger partial charge in [0.15, 0.2) is 0 Å². The molecule has 1 aromatic heterocycles. The van der Waals surface area contributed by atoms with Gasteiger partial charge in [0, 0.05) is 18.7 Å². The molecule has 2 aromatic rings. The second-order valence-electron chi connectivity index (χ2n) is 3.95. The van der Waals surface area contributed by atoms with Crippen molar-refractivity contribution in [2.45, 2.75) is 13.3 Å². The summed E-state index contributed by atoms with van der Waals surface area (Å²) in [5.74, 6) is 2.69. The molecule has 1 N–H and O–H groups in total. The van der Waals surface area contributed by atoms with Crippen LogP contribution in [0.1, 0.15) is 13.3 Å². The Labute approximate surface area is 112 Å². The quantitative estimate of drug-likeness (QED) is 0.863. The molecule has 0 bridgehead atoms. The lowest BCUT2D eigenvalue weighted by Crippen LogP contribution is -2.02. The molecule has 1 heterocycles. The summed E-state index contributed by atoms with van der Waals surface area (Å²) in [6.07, 6.45) is 2.52. The molecule has 0 unspecified atom stereocenters. The molecule has 0 aliphatic rings. The van der Waals surface area contributed by atoms with Crippen LogP contribution in [-0.2, 0) is 0 Å². The van der Waals surface area contributed by atoms with Crippen LogP contribution >= 0.6 is 0 Å². The van der Waals surface area contributed by atoms with E-state index in [9.17, 15) is 0 Å². The summed E-state index contributed by atoms with van der Waals surface area (Å²) in [4.78, 5) is 8.21. The predicted octanol–water partition coefficient (Wildman–Crippen LogP) is 3.10. The van der Waals surface area contributed by atoms with Crippen LogP contribution in [0.4, 0.5) is 5.82 Å². The Hall–Kier alpha value is -2.30. The van der Waals surface area contributed by atoms with Gasteiger partial charge in [0.1, 0.15) is 23.6 Å². The van der Waals surface area contributed by atoms with Crippen molar-refractivity contribution in [3.63, 3.8) is 0 Å². The normalized spacial score (nSPS) is 10.0. The first-order chi connectivity index (χ1) is 9.31. The standard InChI is InChI=1S/C14H17N3O2/c1-3-7-15-13-9-14(17-10-16-13)19-12-6-4-5-11(8-12)18-2/h4-6,8-10H,3,7H2,1-2H3,(H,15,16,17). The number of anilines is 1. The van der Waals surface area contributed by atoms with Crippen LogP contribution in [-0.4, -0.2) is 23.6 Å². The highest BCUT2D eigenvalue weighted by molar-refractivity contribution is 5.40. The number of ether oxygens (including phenoxy) is 2. The Kier molecular flexibility index (Phi) is 4.55. The predicted molar refractivity (Wildman–Crippen MR) is 73.9 cm³/mol. The van der Waals surface area contributed by atoms with E-state index < -0.39 is 0 Å². The van der Waals surface area contributed by atoms with E-state index in [4.69, 9.17) is 9.47 Å². The van der Waals surface area contributed by atoms with Crippen molar-refractivity contribution in [2.24, 2.45) is 0 Å². The number of nitrogens with zero attached hydrogens (tertiary/aromatic N) is 2. The third kappa shape index (κ3) is 3.84. The summed E-state index contributed by atoms with van der Waals surface area (Å²) in [6.45, 7) is 2.97. The molecule has 0 fully saturated rings. The van der Waals surface area contributed by atoms with Crippen molar-refractivity contribution in [3.05, 3.63) is 36.7 Å². The zero-order valence-electron chi connectivity index (χ0n) is 11.1. The van der Waals surface area contributed by atoms with Gasteiger partial charge in [-0.15, -0.1) is 0 Å². The summed E-state index contributed by atoms with van der Waals surface area (Å²) >= 11 is 0. The third-order valence-corrected chi connectivity index (χ3v) is 2.46. The van der Waals surface area contributed by atoms with Crippen molar-refractivity contribution >= 4 is 5.82 Å². The summed E-state index contributed by atoms with van der Waals surface area (Å²) in [7, 11) is 1.62. The van der Waals surface area contributed by atoms with Gasteiger partial charge in [0.05, 0.1) is 7.11 Å². The average Bonchev–Trinajstić information content (AvgIpc) is 2.46. The third-order valence-electron chi connectivity index (χ3n) is 2.46. The van der Waals surface area contributed by atoms with E-state index in [0.717, 1.165) is 24.5 Å². The van der Waals surface area contributed by atoms with E-state index >= 15 is 0 Å². The maximum atomic E-state index is 5.67. The number of nitrogens with one attached hydrogen (secondary N) is 1. The van der Waals surface area contributed by atoms with Gasteiger partial charge in [-0.25, -0.2) is 9.97 Å². The summed E-state index contributed by atoms with van der Waals surface area (Å²) in [5.41, 5.74) is 0. The van der Waals surface area contributed by atoms with Crippen LogP contribution in [0.25, 0.3) is 0 Å². The van der Waals surface area contributed by atoms with Crippen molar-refractivity contribution in [2.75, 3.05) is 19.0 Å². The van der Waals surface area contributed by atoms with Crippen LogP contribution in [0, 0.1) is 0 Å². The van der Waals surface area contributed by atoms with E-state index in [2.05, 4.69) is 22.2 Å². The van der Waals surface area contributed by atoms with Crippen molar-refractivity contribution < 1.29 is 9.47 Å². The molecule has 5 heteroatoms. The van der Waals surface area contributed by atoms with Gasteiger partial charge in [0.2, 0.25) is 5.88 Å². The highest BCUT2D eigenvalue weighted by Crippen LogP contribution is 2.24. The molecule has 0 aliphatic heterocycles. The topological polar surface area (TPSA) is 56.3 Å². The van der Waals surface area contributed by atoms with E-state index in [1.807, 2.05) is 18.2 Å². The molecule has 0 radical (unpaired) electrons. The lowest BCUT2D eigenvalue weighted by Gasteiger charge is -2.08. The molecule has 2 rings (SSSR count). The number of methoxy groups -OCH3 is 1. The second kappa shape index (κ2) is 6.58. The van der Waals surface area contributed by atoms with Gasteiger partial charge in [-0.3, -0.25) is 0 Å². The van der Waals surface area contributed by atoms with Crippen LogP contribution in [0.15, 0.2) is 36.7 Å². The maximum Gasteiger partial charge on any atom is 0.224 e. The van der Waals surface area contributed by atoms with Crippen LogP contribution in [0.3, 0.4) is 0 Å². The minimum absolute atomic E-state index is 0.502. The smallest absolute Gasteiger partial charge is 0.224 e. The minimum atomic E-state index is 0.502. The van der Waals surface area contributed by atoms with Gasteiger partial charge in [-0.05, 0) is 18.6 Å². The first kappa shape index (κ1) is 13.1. The van der Waals surface area contributed by atoms with E-state index in [1.165, 1.54) is 6.33 Å². The zero-order valence-corrected chi connectivity index (χ0v) is 11.1. The van der Waals surface area contributed by atoms with Gasteiger partial charge in [0.25, 0.3) is 0 Å². The number of benzene rings is 1. The van der Waals surface area contributed by atoms with E-state index in [-0.39, 0.29) is 0 Å². The monoisotopic (exact) mass is 259 g/mol. The van der Waals surface area contributed by atoms with Crippen LogP contribution < -0.4 is 14.8 Å². The van der Waals surface area contributed by atoms with Crippen molar-refractivity contribution in [1.82, 2.24) is 9.97 Å². The lowest BCUT2D eigenvalue weighted by molar-refractivity contribution is 0.407. The first-order valence-corrected chi connectivity index (χ1v) is 6.19. The summed E-state index contributed by atoms with van der Waals surface area (Å²) < 4.78 is 10.8. The minimum Gasteiger partial charge on any atom is -0.497 e. The zero-order chi connectivity index (χ0) is 13.5. The van der Waals surface area contributed by atoms with Crippen molar-refractivity contribution in [1.29, 1.82) is 0 Å². The molecule has 0 saturated carbocycles. The fraction of sp³-hybridized carbons (Fsp3) is 0.286. The Morgan fingerprint density at radius 1 is 1.16 bits per heavy atom. The first-order valence-electron chi connectivity index (χ1n) is 6.19. The van der Waals surface area contributed by atoms with Crippen molar-refractivity contribution in [3.8, 4) is 17.4 Å². The molecular weight excluding hydrogens is 242 g/mol. The van der Waals surface area contributed by atoms with E-state index in [0.29, 0.717) is 11.6 Å². The molecule has 0 aliphatic carbocycles. The molecule has 0 amide bonds. The Bertz CT molecular complexity index is 532. The largest absolute Gasteiger partial charge is 0.497 e. The number of hydrogen-bond donors (Lipinski definition) is 1. The maximum absolute atomic E-state index is 5.67. The van der Waals surface area contributed by atoms with E-state index in [1.54, 1.807) is 19.2 Å². The fourth-order valence-corrected chi connectivity index (χ4v) is 1.53. The molecule has 19 heavy (non-hydrogen) atoms. The van der Waals surface area contributed by atoms with Gasteiger partial charge in [-0.1, -0.05) is 13.0 Å². The Balaban J connectivity index is 2.09. The highest BCUT2D eigenvalue weighted by Gasteiger charge is 2.02. The number of rotatable bonds is 6. The molecule has 5 nitrogen and oxygen atoms in total. The lowest BCUT2D eigenvalue weighted by atomic mass is 10.3. The summed E-state index contributed by atoms with van der Waals surface area (Å²) in [5, 5.41) is 3.19. The molecular formula is C14H17N3O2. The Morgan fingerprint density at radius 3 is 2.79 bits per heavy atom. The Morgan fingerprint density at radius 2 is 2.00 bits per heavy atom. The van der Waals surface area contributed by atoms with Gasteiger partial charge < -0.3 is 14.8 Å². The SMILES string of the molecule is CCCNc1cc(Oc2cccc(OC)c2)ncn1. The highest BCUT2D eigenvalue weighted by atomic mass is 16.5. The molecule has 1 aromatic carbocycles. The van der Waals surface area contributed by atoms with Crippen LogP contribution in [0.2, 0.25) is 0 Å². The second-order valence-corrected chi connectivity index (χ2v) is 3.95. The molecule has 0 saturated heterocycles. The number of hydrogen-bond acceptors (Lipinski definition) is 5.